The molecule has 0 bridgehead atoms. The van der Waals surface area contributed by atoms with Gasteiger partial charge in [-0.05, 0) is 48.9 Å². The minimum Gasteiger partial charge on any atom is -0.497 e. The molecule has 6 nitrogen and oxygen atoms in total. The Bertz CT molecular complexity index is 950. The fourth-order valence-corrected chi connectivity index (χ4v) is 3.27. The van der Waals surface area contributed by atoms with E-state index < -0.39 is 0 Å². The van der Waals surface area contributed by atoms with Crippen molar-refractivity contribution in [2.45, 2.75) is 19.9 Å². The number of hydrogen-bond acceptors (Lipinski definition) is 6. The number of nitrogens with one attached hydrogen (secondary N) is 2. The van der Waals surface area contributed by atoms with Crippen LogP contribution >= 0.6 is 11.3 Å². The maximum atomic E-state index is 12.1. The van der Waals surface area contributed by atoms with E-state index in [-0.39, 0.29) is 11.7 Å². The Morgan fingerprint density at radius 3 is 2.43 bits per heavy atom. The molecule has 0 fully saturated rings. The molecule has 3 rings (SSSR count). The van der Waals surface area contributed by atoms with Crippen LogP contribution in [-0.2, 0) is 17.8 Å². The van der Waals surface area contributed by atoms with Crippen LogP contribution < -0.4 is 15.4 Å². The normalized spacial score (nSPS) is 10.4. The van der Waals surface area contributed by atoms with Gasteiger partial charge in [-0.1, -0.05) is 12.1 Å². The first-order valence-corrected chi connectivity index (χ1v) is 9.63. The topological polar surface area (TPSA) is 80.3 Å². The molecule has 7 heteroatoms. The Balaban J connectivity index is 1.49. The summed E-state index contributed by atoms with van der Waals surface area (Å²) in [5.41, 5.74) is 3.24. The van der Waals surface area contributed by atoms with E-state index in [1.807, 2.05) is 41.8 Å². The van der Waals surface area contributed by atoms with Gasteiger partial charge in [-0.25, -0.2) is 4.98 Å². The summed E-state index contributed by atoms with van der Waals surface area (Å²) in [6.07, 6.45) is 0.307. The lowest BCUT2D eigenvalue weighted by atomic mass is 10.1. The van der Waals surface area contributed by atoms with E-state index in [0.29, 0.717) is 18.5 Å². The molecule has 0 saturated heterocycles. The van der Waals surface area contributed by atoms with Crippen molar-refractivity contribution in [1.82, 2.24) is 10.3 Å². The van der Waals surface area contributed by atoms with E-state index in [2.05, 4.69) is 15.6 Å². The Morgan fingerprint density at radius 1 is 1.07 bits per heavy atom. The lowest BCUT2D eigenvalue weighted by Crippen LogP contribution is -2.24. The Kier molecular flexibility index (Phi) is 6.39. The fourth-order valence-electron chi connectivity index (χ4n) is 2.54. The summed E-state index contributed by atoms with van der Waals surface area (Å²) in [6, 6.07) is 14.7. The van der Waals surface area contributed by atoms with Crippen molar-refractivity contribution in [3.05, 3.63) is 70.7 Å². The van der Waals surface area contributed by atoms with Crippen LogP contribution in [0.25, 0.3) is 0 Å². The van der Waals surface area contributed by atoms with E-state index in [1.54, 1.807) is 26.2 Å². The number of nitrogens with zero attached hydrogens (tertiary/aromatic N) is 1. The lowest BCUT2D eigenvalue weighted by Gasteiger charge is -2.05. The summed E-state index contributed by atoms with van der Waals surface area (Å²) in [7, 11) is 1.61. The highest BCUT2D eigenvalue weighted by atomic mass is 32.1. The summed E-state index contributed by atoms with van der Waals surface area (Å²) in [5.74, 6) is 0.739. The smallest absolute Gasteiger partial charge is 0.224 e. The number of rotatable bonds is 8. The second-order valence-corrected chi connectivity index (χ2v) is 7.06. The van der Waals surface area contributed by atoms with Gasteiger partial charge in [-0.3, -0.25) is 9.59 Å². The monoisotopic (exact) mass is 395 g/mol. The minimum absolute atomic E-state index is 0.0356. The minimum atomic E-state index is -0.0625. The first-order valence-electron chi connectivity index (χ1n) is 8.75. The van der Waals surface area contributed by atoms with Gasteiger partial charge in [0.25, 0.3) is 0 Å². The zero-order valence-electron chi connectivity index (χ0n) is 15.7. The maximum absolute atomic E-state index is 12.1. The molecule has 1 heterocycles. The predicted molar refractivity (Wildman–Crippen MR) is 110 cm³/mol. The zero-order chi connectivity index (χ0) is 19.9. The number of ketones is 1. The van der Waals surface area contributed by atoms with Gasteiger partial charge in [0.15, 0.2) is 10.9 Å². The largest absolute Gasteiger partial charge is 0.497 e. The Morgan fingerprint density at radius 2 is 1.79 bits per heavy atom. The second-order valence-electron chi connectivity index (χ2n) is 6.20. The van der Waals surface area contributed by atoms with Gasteiger partial charge in [-0.15, -0.1) is 11.3 Å². The van der Waals surface area contributed by atoms with Crippen LogP contribution in [-0.4, -0.2) is 23.8 Å². The quantitative estimate of drug-likeness (QED) is 0.565. The standard InChI is InChI=1S/C21H21N3O3S/c1-14(25)16-5-7-17(8-6-16)23-21-24-18(13-28-21)12-22-20(26)11-15-3-9-19(27-2)10-4-15/h3-10,13H,11-12H2,1-2H3,(H,22,26)(H,23,24). The number of amides is 1. The van der Waals surface area contributed by atoms with Gasteiger partial charge >= 0.3 is 0 Å². The Hall–Kier alpha value is -3.19. The van der Waals surface area contributed by atoms with E-state index in [9.17, 15) is 9.59 Å². The SMILES string of the molecule is COc1ccc(CC(=O)NCc2csc(Nc3ccc(C(C)=O)cc3)n2)cc1. The van der Waals surface area contributed by atoms with E-state index in [1.165, 1.54) is 11.3 Å². The van der Waals surface area contributed by atoms with Gasteiger partial charge in [-0.2, -0.15) is 0 Å². The van der Waals surface area contributed by atoms with Crippen LogP contribution in [0.2, 0.25) is 0 Å². The van der Waals surface area contributed by atoms with Crippen molar-refractivity contribution >= 4 is 33.8 Å². The van der Waals surface area contributed by atoms with E-state index >= 15 is 0 Å². The molecular weight excluding hydrogens is 374 g/mol. The molecule has 144 valence electrons. The third-order valence-electron chi connectivity index (χ3n) is 4.08. The number of aromatic nitrogens is 1. The third kappa shape index (κ3) is 5.40. The lowest BCUT2D eigenvalue weighted by molar-refractivity contribution is -0.120. The first kappa shape index (κ1) is 19.6. The number of anilines is 2. The molecule has 0 unspecified atom stereocenters. The van der Waals surface area contributed by atoms with Crippen LogP contribution in [0.15, 0.2) is 53.9 Å². The summed E-state index contributed by atoms with van der Waals surface area (Å²) in [6.45, 7) is 1.91. The molecule has 2 aromatic carbocycles. The third-order valence-corrected chi connectivity index (χ3v) is 4.89. The number of methoxy groups -OCH3 is 1. The van der Waals surface area contributed by atoms with Gasteiger partial charge in [0.2, 0.25) is 5.91 Å². The predicted octanol–water partition coefficient (Wildman–Crippen LogP) is 3.96. The number of thiazole rings is 1. The molecule has 28 heavy (non-hydrogen) atoms. The van der Waals surface area contributed by atoms with E-state index in [0.717, 1.165) is 27.8 Å². The highest BCUT2D eigenvalue weighted by Crippen LogP contribution is 2.21. The van der Waals surface area contributed by atoms with Crippen LogP contribution in [0.4, 0.5) is 10.8 Å². The van der Waals surface area contributed by atoms with Gasteiger partial charge in [0.1, 0.15) is 5.75 Å². The molecule has 2 N–H and O–H groups in total. The molecule has 1 aromatic heterocycles. The number of hydrogen-bond donors (Lipinski definition) is 2. The molecule has 0 atom stereocenters. The van der Waals surface area contributed by atoms with Crippen LogP contribution in [0, 0.1) is 0 Å². The molecular formula is C21H21N3O3S. The maximum Gasteiger partial charge on any atom is 0.224 e. The highest BCUT2D eigenvalue weighted by Gasteiger charge is 2.07. The zero-order valence-corrected chi connectivity index (χ0v) is 16.5. The second kappa shape index (κ2) is 9.14. The van der Waals surface area contributed by atoms with Crippen molar-refractivity contribution in [3.8, 4) is 5.75 Å². The number of ether oxygens (including phenoxy) is 1. The fraction of sp³-hybridized carbons (Fsp3) is 0.190. The van der Waals surface area contributed by atoms with Crippen molar-refractivity contribution in [2.24, 2.45) is 0 Å². The van der Waals surface area contributed by atoms with Gasteiger partial charge < -0.3 is 15.4 Å². The van der Waals surface area contributed by atoms with Crippen LogP contribution in [0.1, 0.15) is 28.5 Å². The number of carbonyl (C=O) groups excluding carboxylic acids is 2. The molecule has 0 aliphatic rings. The molecule has 0 saturated carbocycles. The molecule has 0 radical (unpaired) electrons. The van der Waals surface area contributed by atoms with Crippen molar-refractivity contribution < 1.29 is 14.3 Å². The van der Waals surface area contributed by atoms with Crippen LogP contribution in [0.5, 0.6) is 5.75 Å². The van der Waals surface area contributed by atoms with Crippen molar-refractivity contribution in [2.75, 3.05) is 12.4 Å². The number of benzene rings is 2. The summed E-state index contributed by atoms with van der Waals surface area (Å²) >= 11 is 1.46. The van der Waals surface area contributed by atoms with E-state index in [4.69, 9.17) is 4.74 Å². The molecule has 0 aliphatic carbocycles. The van der Waals surface area contributed by atoms with Gasteiger partial charge in [0.05, 0.1) is 25.8 Å². The van der Waals surface area contributed by atoms with Gasteiger partial charge in [0, 0.05) is 16.6 Å². The highest BCUT2D eigenvalue weighted by molar-refractivity contribution is 7.13. The molecule has 1 amide bonds. The Labute approximate surface area is 167 Å². The average molecular weight is 395 g/mol. The summed E-state index contributed by atoms with van der Waals surface area (Å²) < 4.78 is 5.11. The summed E-state index contributed by atoms with van der Waals surface area (Å²) in [4.78, 5) is 27.9. The molecule has 0 spiro atoms. The van der Waals surface area contributed by atoms with Crippen molar-refractivity contribution in [1.29, 1.82) is 0 Å². The molecule has 3 aromatic rings. The van der Waals surface area contributed by atoms with Crippen LogP contribution in [0.3, 0.4) is 0 Å². The average Bonchev–Trinajstić information content (AvgIpc) is 3.15. The molecule has 0 aliphatic heterocycles. The van der Waals surface area contributed by atoms with Crippen molar-refractivity contribution in [3.63, 3.8) is 0 Å². The number of carbonyl (C=O) groups is 2. The summed E-state index contributed by atoms with van der Waals surface area (Å²) in [5, 5.41) is 8.72. The first-order chi connectivity index (χ1) is 13.5. The number of Topliss-reactive ketones (excluding diaryl/α,β-unsaturated/α-hetero) is 1.